The second-order valence-electron chi connectivity index (χ2n) is 7.53. The maximum absolute atomic E-state index is 14.4. The van der Waals surface area contributed by atoms with Crippen LogP contribution in [-0.2, 0) is 12.0 Å². The molecule has 0 radical (unpaired) electrons. The zero-order chi connectivity index (χ0) is 23.3. The summed E-state index contributed by atoms with van der Waals surface area (Å²) in [5, 5.41) is 6.11. The Morgan fingerprint density at radius 3 is 2.12 bits per heavy atom. The summed E-state index contributed by atoms with van der Waals surface area (Å²) in [4.78, 5) is 17.6. The maximum atomic E-state index is 14.4. The second-order valence-corrected chi connectivity index (χ2v) is 7.97. The van der Waals surface area contributed by atoms with Crippen LogP contribution < -0.4 is 10.6 Å². The Bertz CT molecular complexity index is 1220. The third-order valence-corrected chi connectivity index (χ3v) is 5.41. The Kier molecular flexibility index (Phi) is 6.66. The fourth-order valence-corrected chi connectivity index (χ4v) is 3.84. The molecule has 4 rings (SSSR count). The van der Waals surface area contributed by atoms with Crippen LogP contribution in [0.2, 0.25) is 5.02 Å². The van der Waals surface area contributed by atoms with Gasteiger partial charge in [-0.05, 0) is 47.5 Å². The first kappa shape index (κ1) is 22.4. The molecule has 0 spiro atoms. The third kappa shape index (κ3) is 5.35. The van der Waals surface area contributed by atoms with Gasteiger partial charge in [-0.2, -0.15) is 0 Å². The highest BCUT2D eigenvalue weighted by atomic mass is 35.5. The van der Waals surface area contributed by atoms with Gasteiger partial charge in [-0.15, -0.1) is 0 Å². The number of hydrogen-bond acceptors (Lipinski definition) is 2. The molecule has 0 aliphatic rings. The van der Waals surface area contributed by atoms with Crippen molar-refractivity contribution in [2.24, 2.45) is 0 Å². The normalized spacial score (nSPS) is 12.6. The molecular weight excluding hydrogens is 444 g/mol. The van der Waals surface area contributed by atoms with Crippen LogP contribution in [0.25, 0.3) is 0 Å². The number of benzene rings is 3. The molecule has 1 heterocycles. The molecule has 0 bridgehead atoms. The Hall–Kier alpha value is -3.77. The Morgan fingerprint density at radius 1 is 0.879 bits per heavy atom. The van der Waals surface area contributed by atoms with E-state index in [1.165, 1.54) is 18.3 Å². The van der Waals surface area contributed by atoms with E-state index < -0.39 is 23.2 Å². The van der Waals surface area contributed by atoms with Crippen molar-refractivity contribution in [2.45, 2.75) is 12.0 Å². The van der Waals surface area contributed by atoms with Gasteiger partial charge in [0.05, 0.1) is 10.7 Å². The standard InChI is InChI=1S/C26H20ClF2N3O/c27-20-11-12-24(30-17-20)26(16-18-7-3-1-4-8-18,19-13-21(28)15-22(29)14-19)32-25(33)31-23-9-5-2-6-10-23/h1-15,17H,16H2,(H2,31,32,33). The maximum Gasteiger partial charge on any atom is 0.320 e. The minimum Gasteiger partial charge on any atom is -0.322 e. The molecular formula is C26H20ClF2N3O. The highest BCUT2D eigenvalue weighted by molar-refractivity contribution is 6.30. The third-order valence-electron chi connectivity index (χ3n) is 5.19. The van der Waals surface area contributed by atoms with Crippen molar-refractivity contribution in [1.82, 2.24) is 10.3 Å². The zero-order valence-electron chi connectivity index (χ0n) is 17.4. The van der Waals surface area contributed by atoms with Gasteiger partial charge in [-0.25, -0.2) is 13.6 Å². The van der Waals surface area contributed by atoms with Gasteiger partial charge in [0.15, 0.2) is 0 Å². The van der Waals surface area contributed by atoms with E-state index in [-0.39, 0.29) is 12.0 Å². The molecule has 0 fully saturated rings. The molecule has 4 aromatic rings. The van der Waals surface area contributed by atoms with Crippen molar-refractivity contribution < 1.29 is 13.6 Å². The molecule has 0 saturated carbocycles. The van der Waals surface area contributed by atoms with E-state index in [2.05, 4.69) is 15.6 Å². The molecule has 1 aromatic heterocycles. The highest BCUT2D eigenvalue weighted by Gasteiger charge is 2.38. The van der Waals surface area contributed by atoms with Gasteiger partial charge in [0.2, 0.25) is 0 Å². The summed E-state index contributed by atoms with van der Waals surface area (Å²) in [6.45, 7) is 0. The lowest BCUT2D eigenvalue weighted by Crippen LogP contribution is -2.50. The lowest BCUT2D eigenvalue weighted by Gasteiger charge is -2.35. The van der Waals surface area contributed by atoms with Gasteiger partial charge in [-0.1, -0.05) is 60.1 Å². The van der Waals surface area contributed by atoms with Crippen LogP contribution in [0.3, 0.4) is 0 Å². The van der Waals surface area contributed by atoms with Crippen LogP contribution in [0.5, 0.6) is 0 Å². The number of anilines is 1. The number of halogens is 3. The molecule has 7 heteroatoms. The molecule has 0 aliphatic heterocycles. The molecule has 4 nitrogen and oxygen atoms in total. The fourth-order valence-electron chi connectivity index (χ4n) is 3.73. The number of hydrogen-bond donors (Lipinski definition) is 2. The average Bonchev–Trinajstić information content (AvgIpc) is 2.80. The van der Waals surface area contributed by atoms with Gasteiger partial charge >= 0.3 is 6.03 Å². The van der Waals surface area contributed by atoms with Crippen molar-refractivity contribution in [3.63, 3.8) is 0 Å². The summed E-state index contributed by atoms with van der Waals surface area (Å²) < 4.78 is 28.7. The topological polar surface area (TPSA) is 54.0 Å². The summed E-state index contributed by atoms with van der Waals surface area (Å²) in [6, 6.07) is 24.1. The molecule has 1 atom stereocenters. The molecule has 3 aromatic carbocycles. The minimum absolute atomic E-state index is 0.188. The second kappa shape index (κ2) is 9.79. The number of carbonyl (C=O) groups excluding carboxylic acids is 1. The van der Waals surface area contributed by atoms with Gasteiger partial charge in [0.25, 0.3) is 0 Å². The van der Waals surface area contributed by atoms with Crippen LogP contribution in [0.15, 0.2) is 97.2 Å². The SMILES string of the molecule is O=C(Nc1ccccc1)NC(Cc1ccccc1)(c1cc(F)cc(F)c1)c1ccc(Cl)cn1. The van der Waals surface area contributed by atoms with Crippen molar-refractivity contribution in [1.29, 1.82) is 0 Å². The van der Waals surface area contributed by atoms with Gasteiger partial charge in [0, 0.05) is 24.4 Å². The van der Waals surface area contributed by atoms with E-state index in [0.29, 0.717) is 16.4 Å². The number of nitrogens with one attached hydrogen (secondary N) is 2. The first-order valence-corrected chi connectivity index (χ1v) is 10.6. The van der Waals surface area contributed by atoms with Gasteiger partial charge in [0.1, 0.15) is 17.2 Å². The first-order chi connectivity index (χ1) is 15.9. The number of aromatic nitrogens is 1. The van der Waals surface area contributed by atoms with Crippen LogP contribution in [-0.4, -0.2) is 11.0 Å². The molecule has 166 valence electrons. The summed E-state index contributed by atoms with van der Waals surface area (Å²) in [5.41, 5.74) is 0.594. The van der Waals surface area contributed by atoms with Crippen molar-refractivity contribution in [2.75, 3.05) is 5.32 Å². The number of nitrogens with zero attached hydrogens (tertiary/aromatic N) is 1. The van der Waals surface area contributed by atoms with Gasteiger partial charge in [-0.3, -0.25) is 4.98 Å². The number of para-hydroxylation sites is 1. The van der Waals surface area contributed by atoms with Crippen LogP contribution in [0.1, 0.15) is 16.8 Å². The lowest BCUT2D eigenvalue weighted by molar-refractivity contribution is 0.241. The minimum atomic E-state index is -1.40. The molecule has 0 saturated heterocycles. The number of rotatable bonds is 6. The summed E-state index contributed by atoms with van der Waals surface area (Å²) in [5.74, 6) is -1.52. The average molecular weight is 464 g/mol. The quantitative estimate of drug-likeness (QED) is 0.351. The number of carbonyl (C=O) groups is 1. The molecule has 33 heavy (non-hydrogen) atoms. The summed E-state index contributed by atoms with van der Waals surface area (Å²) >= 11 is 6.05. The Labute approximate surface area is 195 Å². The van der Waals surface area contributed by atoms with E-state index in [4.69, 9.17) is 11.6 Å². The van der Waals surface area contributed by atoms with Crippen molar-refractivity contribution in [3.8, 4) is 0 Å². The number of pyridine rings is 1. The molecule has 1 unspecified atom stereocenters. The highest BCUT2D eigenvalue weighted by Crippen LogP contribution is 2.34. The Balaban J connectivity index is 1.86. The van der Waals surface area contributed by atoms with E-state index in [9.17, 15) is 13.6 Å². The van der Waals surface area contributed by atoms with E-state index >= 15 is 0 Å². The monoisotopic (exact) mass is 463 g/mol. The van der Waals surface area contributed by atoms with Crippen LogP contribution in [0.4, 0.5) is 19.3 Å². The fraction of sp³-hybridized carbons (Fsp3) is 0.0769. The van der Waals surface area contributed by atoms with Gasteiger partial charge < -0.3 is 10.6 Å². The van der Waals surface area contributed by atoms with Crippen LogP contribution >= 0.6 is 11.6 Å². The first-order valence-electron chi connectivity index (χ1n) is 10.2. The van der Waals surface area contributed by atoms with Crippen molar-refractivity contribution >= 4 is 23.3 Å². The van der Waals surface area contributed by atoms with E-state index in [0.717, 1.165) is 11.6 Å². The number of urea groups is 1. The molecule has 2 N–H and O–H groups in total. The summed E-state index contributed by atoms with van der Waals surface area (Å²) in [6.07, 6.45) is 1.62. The Morgan fingerprint density at radius 2 is 1.52 bits per heavy atom. The smallest absolute Gasteiger partial charge is 0.320 e. The predicted octanol–water partition coefficient (Wildman–Crippen LogP) is 6.32. The largest absolute Gasteiger partial charge is 0.322 e. The van der Waals surface area contributed by atoms with E-state index in [1.54, 1.807) is 36.4 Å². The van der Waals surface area contributed by atoms with E-state index in [1.807, 2.05) is 36.4 Å². The molecule has 0 aliphatic carbocycles. The van der Waals surface area contributed by atoms with Crippen molar-refractivity contribution in [3.05, 3.63) is 131 Å². The zero-order valence-corrected chi connectivity index (χ0v) is 18.2. The number of amides is 2. The lowest BCUT2D eigenvalue weighted by atomic mass is 9.80. The van der Waals surface area contributed by atoms with Crippen LogP contribution in [0, 0.1) is 11.6 Å². The molecule has 2 amide bonds. The predicted molar refractivity (Wildman–Crippen MR) is 125 cm³/mol. The summed E-state index contributed by atoms with van der Waals surface area (Å²) in [7, 11) is 0.